The third kappa shape index (κ3) is 3.48. The van der Waals surface area contributed by atoms with Gasteiger partial charge in [0.2, 0.25) is 0 Å². The van der Waals surface area contributed by atoms with Crippen molar-refractivity contribution in [3.8, 4) is 0 Å². The standard InChI is InChI=1S/C12H20N6O2S/c1-4-7-17-9-13-16-11(17)8-15-21(19,20)12-5-6-14-18(12)10(2)3/h5-6,9-10,15H,4,7-8H2,1-3H3. The van der Waals surface area contributed by atoms with E-state index in [9.17, 15) is 8.42 Å². The second-order valence-corrected chi connectivity index (χ2v) is 6.69. The normalized spacial score (nSPS) is 12.2. The van der Waals surface area contributed by atoms with E-state index >= 15 is 0 Å². The highest BCUT2D eigenvalue weighted by Gasteiger charge is 2.21. The number of hydrogen-bond donors (Lipinski definition) is 1. The number of aromatic nitrogens is 5. The molecule has 0 amide bonds. The van der Waals surface area contributed by atoms with Crippen molar-refractivity contribution in [2.24, 2.45) is 0 Å². The Balaban J connectivity index is 2.14. The first-order valence-electron chi connectivity index (χ1n) is 6.85. The highest BCUT2D eigenvalue weighted by Crippen LogP contribution is 2.13. The van der Waals surface area contributed by atoms with E-state index in [2.05, 4.69) is 20.0 Å². The third-order valence-corrected chi connectivity index (χ3v) is 4.38. The van der Waals surface area contributed by atoms with E-state index in [-0.39, 0.29) is 17.6 Å². The van der Waals surface area contributed by atoms with E-state index in [4.69, 9.17) is 0 Å². The fourth-order valence-corrected chi connectivity index (χ4v) is 3.19. The Bertz CT molecular complexity index is 688. The molecule has 0 spiro atoms. The molecule has 9 heteroatoms. The molecule has 21 heavy (non-hydrogen) atoms. The van der Waals surface area contributed by atoms with Gasteiger partial charge in [-0.1, -0.05) is 6.92 Å². The molecular formula is C12H20N6O2S. The Morgan fingerprint density at radius 1 is 1.38 bits per heavy atom. The van der Waals surface area contributed by atoms with Crippen LogP contribution in [-0.2, 0) is 23.1 Å². The molecule has 116 valence electrons. The van der Waals surface area contributed by atoms with Crippen molar-refractivity contribution in [3.05, 3.63) is 24.4 Å². The minimum atomic E-state index is -3.63. The maximum atomic E-state index is 12.4. The van der Waals surface area contributed by atoms with Gasteiger partial charge in [-0.25, -0.2) is 13.1 Å². The first-order chi connectivity index (χ1) is 9.95. The van der Waals surface area contributed by atoms with Crippen LogP contribution in [0.5, 0.6) is 0 Å². The molecule has 0 saturated carbocycles. The molecule has 0 radical (unpaired) electrons. The molecule has 0 aromatic carbocycles. The first-order valence-corrected chi connectivity index (χ1v) is 8.34. The van der Waals surface area contributed by atoms with Crippen molar-refractivity contribution in [3.63, 3.8) is 0 Å². The van der Waals surface area contributed by atoms with E-state index in [1.165, 1.54) is 16.9 Å². The lowest BCUT2D eigenvalue weighted by atomic mass is 10.4. The van der Waals surface area contributed by atoms with Crippen molar-refractivity contribution in [2.75, 3.05) is 0 Å². The molecule has 0 unspecified atom stereocenters. The molecule has 0 saturated heterocycles. The monoisotopic (exact) mass is 312 g/mol. The van der Waals surface area contributed by atoms with Gasteiger partial charge in [-0.3, -0.25) is 4.68 Å². The van der Waals surface area contributed by atoms with E-state index in [1.807, 2.05) is 25.3 Å². The average molecular weight is 312 g/mol. The molecule has 2 heterocycles. The SMILES string of the molecule is CCCn1cnnc1CNS(=O)(=O)c1ccnn1C(C)C. The van der Waals surface area contributed by atoms with Crippen LogP contribution in [0.2, 0.25) is 0 Å². The lowest BCUT2D eigenvalue weighted by Gasteiger charge is -2.12. The molecule has 1 N–H and O–H groups in total. The quantitative estimate of drug-likeness (QED) is 0.821. The van der Waals surface area contributed by atoms with Crippen LogP contribution in [0.3, 0.4) is 0 Å². The summed E-state index contributed by atoms with van der Waals surface area (Å²) in [5.41, 5.74) is 0. The second kappa shape index (κ2) is 6.35. The number of nitrogens with one attached hydrogen (secondary N) is 1. The summed E-state index contributed by atoms with van der Waals surface area (Å²) in [5.74, 6) is 0.594. The predicted octanol–water partition coefficient (Wildman–Crippen LogP) is 0.944. The Kier molecular flexibility index (Phi) is 4.73. The lowest BCUT2D eigenvalue weighted by Crippen LogP contribution is -2.27. The highest BCUT2D eigenvalue weighted by molar-refractivity contribution is 7.89. The fraction of sp³-hybridized carbons (Fsp3) is 0.583. The Hall–Kier alpha value is -1.74. The Morgan fingerprint density at radius 3 is 2.81 bits per heavy atom. The van der Waals surface area contributed by atoms with Crippen molar-refractivity contribution < 1.29 is 8.42 Å². The maximum Gasteiger partial charge on any atom is 0.258 e. The smallest absolute Gasteiger partial charge is 0.258 e. The highest BCUT2D eigenvalue weighted by atomic mass is 32.2. The van der Waals surface area contributed by atoms with Crippen LogP contribution in [0.25, 0.3) is 0 Å². The molecule has 0 atom stereocenters. The molecule has 2 rings (SSSR count). The molecule has 0 aliphatic heterocycles. The van der Waals surface area contributed by atoms with Crippen LogP contribution in [0, 0.1) is 0 Å². The van der Waals surface area contributed by atoms with Gasteiger partial charge in [-0.05, 0) is 26.3 Å². The number of rotatable bonds is 7. The van der Waals surface area contributed by atoms with Crippen LogP contribution in [0.15, 0.2) is 23.6 Å². The number of nitrogens with zero attached hydrogens (tertiary/aromatic N) is 5. The van der Waals surface area contributed by atoms with Crippen LogP contribution in [0.1, 0.15) is 39.1 Å². The van der Waals surface area contributed by atoms with Gasteiger partial charge in [0.15, 0.2) is 5.03 Å². The molecule has 0 aliphatic carbocycles. The number of hydrogen-bond acceptors (Lipinski definition) is 5. The molecular weight excluding hydrogens is 292 g/mol. The Morgan fingerprint density at radius 2 is 2.14 bits per heavy atom. The summed E-state index contributed by atoms with van der Waals surface area (Å²) < 4.78 is 30.6. The van der Waals surface area contributed by atoms with Gasteiger partial charge in [0.05, 0.1) is 12.7 Å². The van der Waals surface area contributed by atoms with E-state index in [0.717, 1.165) is 13.0 Å². The average Bonchev–Trinajstić information content (AvgIpc) is 3.06. The van der Waals surface area contributed by atoms with Crippen molar-refractivity contribution >= 4 is 10.0 Å². The van der Waals surface area contributed by atoms with Gasteiger partial charge < -0.3 is 4.57 Å². The van der Waals surface area contributed by atoms with E-state index in [0.29, 0.717) is 5.82 Å². The summed E-state index contributed by atoms with van der Waals surface area (Å²) in [5, 5.41) is 11.9. The molecule has 0 fully saturated rings. The van der Waals surface area contributed by atoms with Crippen LogP contribution in [0.4, 0.5) is 0 Å². The number of aryl methyl sites for hydroxylation is 1. The minimum absolute atomic E-state index is 0.0321. The summed E-state index contributed by atoms with van der Waals surface area (Å²) in [6, 6.07) is 1.45. The lowest BCUT2D eigenvalue weighted by molar-refractivity contribution is 0.474. The van der Waals surface area contributed by atoms with Crippen molar-refractivity contribution in [1.82, 2.24) is 29.3 Å². The summed E-state index contributed by atoms with van der Waals surface area (Å²) >= 11 is 0. The zero-order valence-electron chi connectivity index (χ0n) is 12.4. The second-order valence-electron chi connectivity index (χ2n) is 4.97. The van der Waals surface area contributed by atoms with Gasteiger partial charge in [0, 0.05) is 12.6 Å². The van der Waals surface area contributed by atoms with E-state index < -0.39 is 10.0 Å². The van der Waals surface area contributed by atoms with Crippen LogP contribution >= 0.6 is 0 Å². The van der Waals surface area contributed by atoms with Gasteiger partial charge >= 0.3 is 0 Å². The largest absolute Gasteiger partial charge is 0.316 e. The van der Waals surface area contributed by atoms with Crippen LogP contribution in [-0.4, -0.2) is 33.0 Å². The molecule has 8 nitrogen and oxygen atoms in total. The Labute approximate surface area is 124 Å². The minimum Gasteiger partial charge on any atom is -0.316 e. The van der Waals surface area contributed by atoms with Gasteiger partial charge in [0.1, 0.15) is 12.2 Å². The summed E-state index contributed by atoms with van der Waals surface area (Å²) in [6.45, 7) is 6.66. The fourth-order valence-electron chi connectivity index (χ4n) is 1.98. The first kappa shape index (κ1) is 15.6. The molecule has 0 bridgehead atoms. The van der Waals surface area contributed by atoms with Crippen LogP contribution < -0.4 is 4.72 Å². The predicted molar refractivity (Wildman–Crippen MR) is 77.0 cm³/mol. The van der Waals surface area contributed by atoms with Gasteiger partial charge in [0.25, 0.3) is 10.0 Å². The van der Waals surface area contributed by atoms with Crippen molar-refractivity contribution in [2.45, 2.75) is 51.3 Å². The summed E-state index contributed by atoms with van der Waals surface area (Å²) in [4.78, 5) is 0. The molecule has 2 aromatic heterocycles. The molecule has 0 aliphatic rings. The maximum absolute atomic E-state index is 12.4. The third-order valence-electron chi connectivity index (χ3n) is 2.98. The molecule has 2 aromatic rings. The summed E-state index contributed by atoms with van der Waals surface area (Å²) in [7, 11) is -3.63. The zero-order chi connectivity index (χ0) is 15.5. The topological polar surface area (TPSA) is 94.7 Å². The number of sulfonamides is 1. The van der Waals surface area contributed by atoms with E-state index in [1.54, 1.807) is 6.33 Å². The zero-order valence-corrected chi connectivity index (χ0v) is 13.2. The van der Waals surface area contributed by atoms with Gasteiger partial charge in [-0.15, -0.1) is 10.2 Å². The van der Waals surface area contributed by atoms with Crippen molar-refractivity contribution in [1.29, 1.82) is 0 Å². The summed E-state index contributed by atoms with van der Waals surface area (Å²) in [6.07, 6.45) is 4.01. The van der Waals surface area contributed by atoms with Gasteiger partial charge in [-0.2, -0.15) is 5.10 Å².